The molecule has 0 unspecified atom stereocenters. The minimum atomic E-state index is -0.552. The Morgan fingerprint density at radius 1 is 1.45 bits per heavy atom. The number of likely N-dealkylation sites (tertiary alicyclic amines) is 1. The van der Waals surface area contributed by atoms with Crippen LogP contribution in [0.1, 0.15) is 27.2 Å². The summed E-state index contributed by atoms with van der Waals surface area (Å²) in [4.78, 5) is 31.3. The largest absolute Gasteiger partial charge is 0.444 e. The van der Waals surface area contributed by atoms with E-state index in [4.69, 9.17) is 4.74 Å². The molecule has 1 N–H and O–H groups in total. The summed E-state index contributed by atoms with van der Waals surface area (Å²) in [5.41, 5.74) is -0.684. The summed E-state index contributed by atoms with van der Waals surface area (Å²) in [5.74, 6) is 0.307. The normalized spacial score (nSPS) is 18.1. The third-order valence-electron chi connectivity index (χ3n) is 3.02. The number of nitrogens with zero attached hydrogens (tertiary/aromatic N) is 4. The van der Waals surface area contributed by atoms with Gasteiger partial charge in [-0.05, 0) is 27.2 Å². The van der Waals surface area contributed by atoms with Gasteiger partial charge in [-0.25, -0.2) is 14.8 Å². The fraction of sp³-hybridized carbons (Fsp3) is 0.615. The van der Waals surface area contributed by atoms with E-state index in [1.807, 2.05) is 20.8 Å². The van der Waals surface area contributed by atoms with E-state index < -0.39 is 10.5 Å². The number of nitrogens with one attached hydrogen (secondary N) is 1. The number of hydrogen-bond acceptors (Lipinski definition) is 7. The number of rotatable bonds is 3. The second-order valence-corrected chi connectivity index (χ2v) is 6.08. The Bertz CT molecular complexity index is 555. The molecule has 0 aliphatic carbocycles. The first kappa shape index (κ1) is 15.9. The van der Waals surface area contributed by atoms with Crippen LogP contribution in [0.5, 0.6) is 0 Å². The summed E-state index contributed by atoms with van der Waals surface area (Å²) >= 11 is 0. The molecule has 0 saturated carbocycles. The number of nitro groups is 1. The van der Waals surface area contributed by atoms with Crippen molar-refractivity contribution in [3.63, 3.8) is 0 Å². The molecule has 1 aromatic heterocycles. The van der Waals surface area contributed by atoms with Gasteiger partial charge in [-0.1, -0.05) is 0 Å². The molecule has 1 saturated heterocycles. The predicted octanol–water partition coefficient (Wildman–Crippen LogP) is 1.81. The van der Waals surface area contributed by atoms with Crippen molar-refractivity contribution in [2.75, 3.05) is 18.4 Å². The maximum Gasteiger partial charge on any atom is 0.410 e. The molecule has 1 atom stereocenters. The van der Waals surface area contributed by atoms with Gasteiger partial charge in [-0.2, -0.15) is 0 Å². The molecule has 0 radical (unpaired) electrons. The van der Waals surface area contributed by atoms with Crippen molar-refractivity contribution in [2.45, 2.75) is 38.8 Å². The van der Waals surface area contributed by atoms with Crippen LogP contribution in [0, 0.1) is 10.1 Å². The van der Waals surface area contributed by atoms with Crippen molar-refractivity contribution < 1.29 is 14.5 Å². The Morgan fingerprint density at radius 3 is 2.64 bits per heavy atom. The van der Waals surface area contributed by atoms with E-state index >= 15 is 0 Å². The summed E-state index contributed by atoms with van der Waals surface area (Å²) in [7, 11) is 0. The molecule has 9 nitrogen and oxygen atoms in total. The van der Waals surface area contributed by atoms with Crippen LogP contribution in [0.3, 0.4) is 0 Å². The molecule has 9 heteroatoms. The second kappa shape index (κ2) is 6.12. The minimum absolute atomic E-state index is 0.00558. The maximum absolute atomic E-state index is 11.9. The smallest absolute Gasteiger partial charge is 0.410 e. The van der Waals surface area contributed by atoms with Gasteiger partial charge in [0.15, 0.2) is 0 Å². The van der Waals surface area contributed by atoms with Crippen LogP contribution in [0.15, 0.2) is 12.4 Å². The monoisotopic (exact) mass is 309 g/mol. The van der Waals surface area contributed by atoms with Gasteiger partial charge in [0.2, 0.25) is 5.95 Å². The average molecular weight is 309 g/mol. The number of aromatic nitrogens is 2. The van der Waals surface area contributed by atoms with Crippen LogP contribution >= 0.6 is 0 Å². The van der Waals surface area contributed by atoms with Crippen molar-refractivity contribution in [1.29, 1.82) is 0 Å². The number of amides is 1. The minimum Gasteiger partial charge on any atom is -0.444 e. The third-order valence-corrected chi connectivity index (χ3v) is 3.02. The quantitative estimate of drug-likeness (QED) is 0.669. The van der Waals surface area contributed by atoms with Gasteiger partial charge in [0.05, 0.1) is 4.92 Å². The SMILES string of the molecule is CC(C)(C)OC(=O)N1CC[C@H](Nc2ncc([N+](=O)[O-])cn2)C1. The Balaban J connectivity index is 1.88. The van der Waals surface area contributed by atoms with Gasteiger partial charge in [0.25, 0.3) is 0 Å². The lowest BCUT2D eigenvalue weighted by molar-refractivity contribution is -0.385. The topological polar surface area (TPSA) is 110 Å². The van der Waals surface area contributed by atoms with Crippen molar-refractivity contribution in [3.8, 4) is 0 Å². The molecule has 0 aromatic carbocycles. The van der Waals surface area contributed by atoms with Crippen LogP contribution in [0.4, 0.5) is 16.4 Å². The van der Waals surface area contributed by atoms with Crippen LogP contribution in [0.25, 0.3) is 0 Å². The lowest BCUT2D eigenvalue weighted by Gasteiger charge is -2.24. The summed E-state index contributed by atoms with van der Waals surface area (Å²) in [6, 6.07) is -0.00558. The molecule has 2 rings (SSSR count). The Labute approximate surface area is 127 Å². The Hall–Kier alpha value is -2.45. The van der Waals surface area contributed by atoms with Crippen LogP contribution in [-0.4, -0.2) is 50.6 Å². The maximum atomic E-state index is 11.9. The first-order valence-corrected chi connectivity index (χ1v) is 6.95. The molecular weight excluding hydrogens is 290 g/mol. The van der Waals surface area contributed by atoms with Crippen LogP contribution in [0.2, 0.25) is 0 Å². The zero-order valence-electron chi connectivity index (χ0n) is 12.8. The molecule has 120 valence electrons. The number of hydrogen-bond donors (Lipinski definition) is 1. The highest BCUT2D eigenvalue weighted by Crippen LogP contribution is 2.17. The zero-order valence-corrected chi connectivity index (χ0v) is 12.8. The van der Waals surface area contributed by atoms with Crippen LogP contribution in [-0.2, 0) is 4.74 Å². The zero-order chi connectivity index (χ0) is 16.3. The second-order valence-electron chi connectivity index (χ2n) is 6.08. The molecule has 1 fully saturated rings. The molecular formula is C13H19N5O4. The van der Waals surface area contributed by atoms with Gasteiger partial charge >= 0.3 is 11.8 Å². The van der Waals surface area contributed by atoms with Gasteiger partial charge in [-0.3, -0.25) is 10.1 Å². The molecule has 2 heterocycles. The lowest BCUT2D eigenvalue weighted by atomic mass is 10.2. The Kier molecular flexibility index (Phi) is 4.43. The molecule has 1 aliphatic rings. The molecule has 0 bridgehead atoms. The van der Waals surface area contributed by atoms with E-state index in [9.17, 15) is 14.9 Å². The summed E-state index contributed by atoms with van der Waals surface area (Å²) in [6.07, 6.45) is 2.69. The number of carbonyl (C=O) groups excluding carboxylic acids is 1. The van der Waals surface area contributed by atoms with E-state index in [0.717, 1.165) is 18.8 Å². The molecule has 22 heavy (non-hydrogen) atoms. The van der Waals surface area contributed by atoms with Crippen molar-refractivity contribution in [1.82, 2.24) is 14.9 Å². The molecule has 1 amide bonds. The van der Waals surface area contributed by atoms with Gasteiger partial charge in [-0.15, -0.1) is 0 Å². The lowest BCUT2D eigenvalue weighted by Crippen LogP contribution is -2.36. The van der Waals surface area contributed by atoms with Crippen molar-refractivity contribution >= 4 is 17.7 Å². The van der Waals surface area contributed by atoms with Gasteiger partial charge in [0.1, 0.15) is 18.0 Å². The van der Waals surface area contributed by atoms with Gasteiger partial charge in [0, 0.05) is 19.1 Å². The summed E-state index contributed by atoms with van der Waals surface area (Å²) in [6.45, 7) is 6.53. The van der Waals surface area contributed by atoms with Crippen LogP contribution < -0.4 is 5.32 Å². The van der Waals surface area contributed by atoms with Crippen molar-refractivity contribution in [3.05, 3.63) is 22.5 Å². The fourth-order valence-corrected chi connectivity index (χ4v) is 2.04. The molecule has 0 spiro atoms. The van der Waals surface area contributed by atoms with Crippen molar-refractivity contribution in [2.24, 2.45) is 0 Å². The van der Waals surface area contributed by atoms with E-state index in [1.165, 1.54) is 0 Å². The standard InChI is InChI=1S/C13H19N5O4/c1-13(2,3)22-12(19)17-5-4-9(8-17)16-11-14-6-10(7-15-11)18(20)21/h6-7,9H,4-5,8H2,1-3H3,(H,14,15,16)/t9-/m0/s1. The highest BCUT2D eigenvalue weighted by atomic mass is 16.6. The molecule has 1 aliphatic heterocycles. The Morgan fingerprint density at radius 2 is 2.09 bits per heavy atom. The van der Waals surface area contributed by atoms with Gasteiger partial charge < -0.3 is 15.0 Å². The summed E-state index contributed by atoms with van der Waals surface area (Å²) < 4.78 is 5.32. The number of ether oxygens (including phenoxy) is 1. The predicted molar refractivity (Wildman–Crippen MR) is 78.5 cm³/mol. The van der Waals surface area contributed by atoms with E-state index in [2.05, 4.69) is 15.3 Å². The highest BCUT2D eigenvalue weighted by molar-refractivity contribution is 5.68. The number of carbonyl (C=O) groups is 1. The van der Waals surface area contributed by atoms with E-state index in [-0.39, 0.29) is 17.8 Å². The first-order valence-electron chi connectivity index (χ1n) is 6.95. The van der Waals surface area contributed by atoms with E-state index in [0.29, 0.717) is 19.0 Å². The number of anilines is 1. The third kappa shape index (κ3) is 4.27. The summed E-state index contributed by atoms with van der Waals surface area (Å²) in [5, 5.41) is 13.6. The fourth-order valence-electron chi connectivity index (χ4n) is 2.04. The first-order chi connectivity index (χ1) is 10.2. The van der Waals surface area contributed by atoms with E-state index in [1.54, 1.807) is 4.90 Å². The average Bonchev–Trinajstić information content (AvgIpc) is 2.86. The highest BCUT2D eigenvalue weighted by Gasteiger charge is 2.30. The molecule has 1 aromatic rings.